The van der Waals surface area contributed by atoms with Gasteiger partial charge in [-0.05, 0) is 29.7 Å². The standard InChI is InChI=1S/C22H21N3O/c1-16(2)18-9-11-20(12-10-18)25-21(26)13-8-17-14-23-22(24-15-17)19-6-4-3-5-7-19/h3-16H,1-2H3,(H,25,26)/b13-8+. The zero-order valence-corrected chi connectivity index (χ0v) is 14.9. The van der Waals surface area contributed by atoms with Crippen LogP contribution in [0.3, 0.4) is 0 Å². The summed E-state index contributed by atoms with van der Waals surface area (Å²) in [4.78, 5) is 20.7. The lowest BCUT2D eigenvalue weighted by molar-refractivity contribution is -0.111. The highest BCUT2D eigenvalue weighted by Crippen LogP contribution is 2.17. The molecule has 4 nitrogen and oxygen atoms in total. The highest BCUT2D eigenvalue weighted by Gasteiger charge is 2.02. The molecule has 2 aromatic carbocycles. The normalized spacial score (nSPS) is 11.0. The lowest BCUT2D eigenvalue weighted by Crippen LogP contribution is -2.07. The summed E-state index contributed by atoms with van der Waals surface area (Å²) in [7, 11) is 0. The summed E-state index contributed by atoms with van der Waals surface area (Å²) in [5, 5.41) is 2.85. The molecule has 1 N–H and O–H groups in total. The van der Waals surface area contributed by atoms with E-state index in [1.807, 2.05) is 54.6 Å². The number of carbonyl (C=O) groups excluding carboxylic acids is 1. The minimum atomic E-state index is -0.186. The predicted molar refractivity (Wildman–Crippen MR) is 106 cm³/mol. The minimum absolute atomic E-state index is 0.186. The van der Waals surface area contributed by atoms with E-state index < -0.39 is 0 Å². The Morgan fingerprint density at radius 1 is 0.962 bits per heavy atom. The van der Waals surface area contributed by atoms with Gasteiger partial charge in [0.25, 0.3) is 0 Å². The molecular formula is C22H21N3O. The number of nitrogens with zero attached hydrogens (tertiary/aromatic N) is 2. The first-order valence-corrected chi connectivity index (χ1v) is 8.58. The van der Waals surface area contributed by atoms with Gasteiger partial charge >= 0.3 is 0 Å². The molecule has 0 aliphatic carbocycles. The molecule has 3 rings (SSSR count). The van der Waals surface area contributed by atoms with E-state index in [0.717, 1.165) is 16.8 Å². The Hall–Kier alpha value is -3.27. The van der Waals surface area contributed by atoms with Crippen molar-refractivity contribution in [3.8, 4) is 11.4 Å². The van der Waals surface area contributed by atoms with Crippen LogP contribution in [0.4, 0.5) is 5.69 Å². The number of carbonyl (C=O) groups is 1. The van der Waals surface area contributed by atoms with Gasteiger partial charge in [0.15, 0.2) is 5.82 Å². The molecule has 26 heavy (non-hydrogen) atoms. The molecule has 0 bridgehead atoms. The molecule has 0 saturated carbocycles. The molecule has 4 heteroatoms. The van der Waals surface area contributed by atoms with E-state index in [1.165, 1.54) is 11.6 Å². The molecule has 0 aliphatic heterocycles. The second-order valence-corrected chi connectivity index (χ2v) is 6.31. The number of anilines is 1. The fraction of sp³-hybridized carbons (Fsp3) is 0.136. The second kappa shape index (κ2) is 8.21. The molecule has 130 valence electrons. The minimum Gasteiger partial charge on any atom is -0.323 e. The van der Waals surface area contributed by atoms with Crippen LogP contribution in [0.2, 0.25) is 0 Å². The quantitative estimate of drug-likeness (QED) is 0.669. The van der Waals surface area contributed by atoms with Gasteiger partial charge in [-0.1, -0.05) is 56.3 Å². The smallest absolute Gasteiger partial charge is 0.248 e. The van der Waals surface area contributed by atoms with Crippen molar-refractivity contribution in [3.05, 3.63) is 84.2 Å². The van der Waals surface area contributed by atoms with E-state index >= 15 is 0 Å². The highest BCUT2D eigenvalue weighted by molar-refractivity contribution is 6.01. The van der Waals surface area contributed by atoms with Crippen LogP contribution in [0.25, 0.3) is 17.5 Å². The van der Waals surface area contributed by atoms with E-state index in [2.05, 4.69) is 29.1 Å². The van der Waals surface area contributed by atoms with Gasteiger partial charge in [0.1, 0.15) is 0 Å². The van der Waals surface area contributed by atoms with Crippen molar-refractivity contribution in [1.29, 1.82) is 0 Å². The first-order chi connectivity index (χ1) is 12.6. The average Bonchev–Trinajstić information content (AvgIpc) is 2.68. The first kappa shape index (κ1) is 17.5. The number of hydrogen-bond donors (Lipinski definition) is 1. The van der Waals surface area contributed by atoms with Gasteiger partial charge in [-0.15, -0.1) is 0 Å². The molecule has 0 fully saturated rings. The molecular weight excluding hydrogens is 322 g/mol. The van der Waals surface area contributed by atoms with E-state index in [4.69, 9.17) is 0 Å². The van der Waals surface area contributed by atoms with Crippen LogP contribution in [-0.2, 0) is 4.79 Å². The third-order valence-electron chi connectivity index (χ3n) is 3.98. The van der Waals surface area contributed by atoms with Crippen LogP contribution in [-0.4, -0.2) is 15.9 Å². The lowest BCUT2D eigenvalue weighted by Gasteiger charge is -2.07. The van der Waals surface area contributed by atoms with Crippen LogP contribution < -0.4 is 5.32 Å². The Balaban J connectivity index is 1.61. The summed E-state index contributed by atoms with van der Waals surface area (Å²) in [6.07, 6.45) is 6.59. The van der Waals surface area contributed by atoms with Crippen LogP contribution in [0.15, 0.2) is 73.1 Å². The Bertz CT molecular complexity index is 883. The van der Waals surface area contributed by atoms with E-state index in [9.17, 15) is 4.79 Å². The Morgan fingerprint density at radius 3 is 2.23 bits per heavy atom. The summed E-state index contributed by atoms with van der Waals surface area (Å²) in [6.45, 7) is 4.28. The van der Waals surface area contributed by atoms with Gasteiger partial charge in [0.05, 0.1) is 0 Å². The molecule has 0 atom stereocenters. The van der Waals surface area contributed by atoms with Crippen LogP contribution in [0.5, 0.6) is 0 Å². The largest absolute Gasteiger partial charge is 0.323 e. The van der Waals surface area contributed by atoms with Gasteiger partial charge in [0, 0.05) is 35.3 Å². The predicted octanol–water partition coefficient (Wildman–Crippen LogP) is 4.92. The maximum atomic E-state index is 12.1. The summed E-state index contributed by atoms with van der Waals surface area (Å²) in [5.74, 6) is 0.949. The number of aromatic nitrogens is 2. The molecule has 0 unspecified atom stereocenters. The van der Waals surface area contributed by atoms with E-state index in [1.54, 1.807) is 18.5 Å². The topological polar surface area (TPSA) is 54.9 Å². The molecule has 0 spiro atoms. The second-order valence-electron chi connectivity index (χ2n) is 6.31. The van der Waals surface area contributed by atoms with Gasteiger partial charge in [-0.3, -0.25) is 4.79 Å². The van der Waals surface area contributed by atoms with Crippen molar-refractivity contribution >= 4 is 17.7 Å². The lowest BCUT2D eigenvalue weighted by atomic mass is 10.0. The Labute approximate surface area is 153 Å². The average molecular weight is 343 g/mol. The van der Waals surface area contributed by atoms with Gasteiger partial charge in [-0.25, -0.2) is 9.97 Å². The maximum absolute atomic E-state index is 12.1. The van der Waals surface area contributed by atoms with Gasteiger partial charge in [-0.2, -0.15) is 0 Å². The van der Waals surface area contributed by atoms with Crippen LogP contribution in [0.1, 0.15) is 30.9 Å². The van der Waals surface area contributed by atoms with Crippen molar-refractivity contribution in [2.75, 3.05) is 5.32 Å². The number of benzene rings is 2. The fourth-order valence-corrected chi connectivity index (χ4v) is 2.47. The highest BCUT2D eigenvalue weighted by atomic mass is 16.1. The number of rotatable bonds is 5. The molecule has 0 aliphatic rings. The summed E-state index contributed by atoms with van der Waals surface area (Å²) >= 11 is 0. The monoisotopic (exact) mass is 343 g/mol. The van der Waals surface area contributed by atoms with E-state index in [0.29, 0.717) is 11.7 Å². The number of hydrogen-bond acceptors (Lipinski definition) is 3. The fourth-order valence-electron chi connectivity index (χ4n) is 2.47. The molecule has 0 radical (unpaired) electrons. The van der Waals surface area contributed by atoms with E-state index in [-0.39, 0.29) is 5.91 Å². The van der Waals surface area contributed by atoms with Crippen LogP contribution >= 0.6 is 0 Å². The number of amides is 1. The molecule has 0 saturated heterocycles. The third-order valence-corrected chi connectivity index (χ3v) is 3.98. The van der Waals surface area contributed by atoms with Crippen molar-refractivity contribution in [2.45, 2.75) is 19.8 Å². The molecule has 1 aromatic heterocycles. The summed E-state index contributed by atoms with van der Waals surface area (Å²) in [6, 6.07) is 17.7. The van der Waals surface area contributed by atoms with Crippen LogP contribution in [0, 0.1) is 0 Å². The molecule has 3 aromatic rings. The number of nitrogens with one attached hydrogen (secondary N) is 1. The van der Waals surface area contributed by atoms with Crippen molar-refractivity contribution in [3.63, 3.8) is 0 Å². The Morgan fingerprint density at radius 2 is 1.62 bits per heavy atom. The molecule has 1 heterocycles. The summed E-state index contributed by atoms with van der Waals surface area (Å²) in [5.41, 5.74) is 3.76. The third kappa shape index (κ3) is 4.63. The molecule has 1 amide bonds. The SMILES string of the molecule is CC(C)c1ccc(NC(=O)/C=C/c2cnc(-c3ccccc3)nc2)cc1. The van der Waals surface area contributed by atoms with Gasteiger partial charge in [0.2, 0.25) is 5.91 Å². The van der Waals surface area contributed by atoms with Crippen molar-refractivity contribution in [2.24, 2.45) is 0 Å². The van der Waals surface area contributed by atoms with Crippen molar-refractivity contribution in [1.82, 2.24) is 9.97 Å². The van der Waals surface area contributed by atoms with Gasteiger partial charge < -0.3 is 5.32 Å². The maximum Gasteiger partial charge on any atom is 0.248 e. The first-order valence-electron chi connectivity index (χ1n) is 8.58. The zero-order chi connectivity index (χ0) is 18.4. The summed E-state index contributed by atoms with van der Waals surface area (Å²) < 4.78 is 0. The van der Waals surface area contributed by atoms with Crippen molar-refractivity contribution < 1.29 is 4.79 Å². The Kier molecular flexibility index (Phi) is 5.54. The zero-order valence-electron chi connectivity index (χ0n) is 14.9.